The van der Waals surface area contributed by atoms with E-state index in [4.69, 9.17) is 0 Å². The molecule has 0 radical (unpaired) electrons. The number of nitrogens with zero attached hydrogens (tertiary/aromatic N) is 3. The molecule has 4 nitrogen and oxygen atoms in total. The Morgan fingerprint density at radius 3 is 2.38 bits per heavy atom. The molecule has 3 aromatic rings. The first-order valence-corrected chi connectivity index (χ1v) is 11.1. The van der Waals surface area contributed by atoms with Crippen LogP contribution in [-0.2, 0) is 5.41 Å². The van der Waals surface area contributed by atoms with E-state index in [1.807, 2.05) is 30.3 Å². The number of carbonyl (C=O) groups excluding carboxylic acids is 1. The van der Waals surface area contributed by atoms with Crippen molar-refractivity contribution in [3.05, 3.63) is 92.9 Å². The number of Topliss-reactive ketones (excluding diaryl/α,β-unsaturated/α-hetero) is 1. The van der Waals surface area contributed by atoms with Gasteiger partial charge in [-0.3, -0.25) is 4.79 Å². The molecule has 0 bridgehead atoms. The number of hydrogen-bond acceptors (Lipinski definition) is 5. The van der Waals surface area contributed by atoms with Crippen molar-refractivity contribution in [3.8, 4) is 12.1 Å². The van der Waals surface area contributed by atoms with E-state index in [1.54, 1.807) is 29.5 Å². The molecule has 2 aliphatic rings. The average Bonchev–Trinajstić information content (AvgIpc) is 3.35. The Balaban J connectivity index is 1.70. The zero-order valence-electron chi connectivity index (χ0n) is 17.9. The van der Waals surface area contributed by atoms with Gasteiger partial charge >= 0.3 is 0 Å². The van der Waals surface area contributed by atoms with E-state index < -0.39 is 0 Å². The van der Waals surface area contributed by atoms with Crippen LogP contribution in [0, 0.1) is 22.7 Å². The quantitative estimate of drug-likeness (QED) is 0.337. The van der Waals surface area contributed by atoms with Gasteiger partial charge in [0.05, 0.1) is 5.00 Å². The first-order valence-electron chi connectivity index (χ1n) is 10.3. The Bertz CT molecular complexity index is 1440. The van der Waals surface area contributed by atoms with Gasteiger partial charge in [-0.15, -0.1) is 11.3 Å². The maximum atomic E-state index is 13.2. The Labute approximate surface area is 191 Å². The SMILES string of the molecule is CN1c2ccccc2C(C)(C)c2cc(/C=C3\C(=O)c4ccccc4C3=C(C#N)C#N)sc21. The largest absolute Gasteiger partial charge is 0.336 e. The molecule has 0 saturated carbocycles. The van der Waals surface area contributed by atoms with Gasteiger partial charge in [0.25, 0.3) is 0 Å². The molecule has 0 N–H and O–H groups in total. The number of fused-ring (bicyclic) bond motifs is 3. The molecular weight excluding hydrogens is 414 g/mol. The zero-order chi connectivity index (χ0) is 22.6. The van der Waals surface area contributed by atoms with Crippen LogP contribution in [0.15, 0.2) is 65.7 Å². The third-order valence-electron chi connectivity index (χ3n) is 6.36. The molecule has 1 aliphatic carbocycles. The predicted octanol–water partition coefficient (Wildman–Crippen LogP) is 6.24. The van der Waals surface area contributed by atoms with Crippen LogP contribution in [0.5, 0.6) is 0 Å². The Morgan fingerprint density at radius 2 is 1.66 bits per heavy atom. The lowest BCUT2D eigenvalue weighted by Crippen LogP contribution is -2.29. The maximum absolute atomic E-state index is 13.2. The van der Waals surface area contributed by atoms with Crippen molar-refractivity contribution < 1.29 is 4.79 Å². The van der Waals surface area contributed by atoms with Gasteiger partial charge in [-0.2, -0.15) is 10.5 Å². The molecule has 5 rings (SSSR count). The Morgan fingerprint density at radius 1 is 1.00 bits per heavy atom. The summed E-state index contributed by atoms with van der Waals surface area (Å²) in [5.41, 5.74) is 5.41. The normalized spacial score (nSPS) is 16.8. The second-order valence-corrected chi connectivity index (χ2v) is 9.54. The number of carbonyl (C=O) groups is 1. The van der Waals surface area contributed by atoms with Crippen molar-refractivity contribution >= 4 is 39.5 Å². The number of allylic oxidation sites excluding steroid dienone is 3. The van der Waals surface area contributed by atoms with Gasteiger partial charge in [-0.05, 0) is 34.9 Å². The lowest BCUT2D eigenvalue weighted by Gasteiger charge is -2.38. The molecule has 5 heteroatoms. The fraction of sp³-hybridized carbons (Fsp3) is 0.148. The zero-order valence-corrected chi connectivity index (χ0v) is 18.7. The first kappa shape index (κ1) is 20.0. The van der Waals surface area contributed by atoms with E-state index in [1.165, 1.54) is 16.8 Å². The molecule has 0 unspecified atom stereocenters. The molecule has 2 heterocycles. The summed E-state index contributed by atoms with van der Waals surface area (Å²) in [5, 5.41) is 20.2. The summed E-state index contributed by atoms with van der Waals surface area (Å²) in [6.45, 7) is 4.43. The number of hydrogen-bond donors (Lipinski definition) is 0. The average molecular weight is 434 g/mol. The highest BCUT2D eigenvalue weighted by molar-refractivity contribution is 7.17. The minimum Gasteiger partial charge on any atom is -0.336 e. The number of ketones is 1. The predicted molar refractivity (Wildman–Crippen MR) is 128 cm³/mol. The van der Waals surface area contributed by atoms with Gasteiger partial charge in [0.2, 0.25) is 0 Å². The van der Waals surface area contributed by atoms with Crippen molar-refractivity contribution in [3.63, 3.8) is 0 Å². The molecule has 0 saturated heterocycles. The highest BCUT2D eigenvalue weighted by Crippen LogP contribution is 2.52. The third-order valence-corrected chi connectivity index (χ3v) is 7.52. The molecular formula is C27H19N3OS. The molecule has 1 aromatic heterocycles. The molecule has 0 fully saturated rings. The highest BCUT2D eigenvalue weighted by atomic mass is 32.1. The van der Waals surface area contributed by atoms with Crippen molar-refractivity contribution in [1.29, 1.82) is 10.5 Å². The number of thiophene rings is 1. The Kier molecular flexibility index (Phi) is 4.41. The van der Waals surface area contributed by atoms with Crippen LogP contribution in [0.2, 0.25) is 0 Å². The van der Waals surface area contributed by atoms with Crippen molar-refractivity contribution in [2.24, 2.45) is 0 Å². The fourth-order valence-electron chi connectivity index (χ4n) is 4.71. The lowest BCUT2D eigenvalue weighted by molar-refractivity contribution is 0.104. The van der Waals surface area contributed by atoms with Crippen LogP contribution in [0.1, 0.15) is 45.8 Å². The number of anilines is 2. The van der Waals surface area contributed by atoms with Crippen LogP contribution in [0.4, 0.5) is 10.7 Å². The topological polar surface area (TPSA) is 67.9 Å². The molecule has 0 amide bonds. The van der Waals surface area contributed by atoms with Gasteiger partial charge in [0, 0.05) is 39.7 Å². The molecule has 2 aromatic carbocycles. The van der Waals surface area contributed by atoms with E-state index in [-0.39, 0.29) is 16.8 Å². The molecule has 32 heavy (non-hydrogen) atoms. The van der Waals surface area contributed by atoms with Crippen LogP contribution in [0.3, 0.4) is 0 Å². The minimum absolute atomic E-state index is 0.0410. The van der Waals surface area contributed by atoms with Gasteiger partial charge in [-0.1, -0.05) is 56.3 Å². The lowest BCUT2D eigenvalue weighted by atomic mass is 9.75. The highest BCUT2D eigenvalue weighted by Gasteiger charge is 2.37. The fourth-order valence-corrected chi connectivity index (χ4v) is 5.94. The molecule has 154 valence electrons. The van der Waals surface area contributed by atoms with E-state index in [9.17, 15) is 15.3 Å². The van der Waals surface area contributed by atoms with Crippen molar-refractivity contribution in [1.82, 2.24) is 0 Å². The maximum Gasteiger partial charge on any atom is 0.194 e. The van der Waals surface area contributed by atoms with Gasteiger partial charge in [0.15, 0.2) is 5.78 Å². The van der Waals surface area contributed by atoms with Crippen molar-refractivity contribution in [2.45, 2.75) is 19.3 Å². The number of benzene rings is 2. The minimum atomic E-state index is -0.183. The smallest absolute Gasteiger partial charge is 0.194 e. The van der Waals surface area contributed by atoms with E-state index in [0.717, 1.165) is 9.88 Å². The van der Waals surface area contributed by atoms with Crippen LogP contribution < -0.4 is 4.90 Å². The van der Waals surface area contributed by atoms with Crippen LogP contribution in [0.25, 0.3) is 11.6 Å². The summed E-state index contributed by atoms with van der Waals surface area (Å²) in [5.74, 6) is -0.152. The Hall–Kier alpha value is -3.93. The molecule has 1 aliphatic heterocycles. The van der Waals surface area contributed by atoms with E-state index in [2.05, 4.69) is 50.1 Å². The van der Waals surface area contributed by atoms with E-state index in [0.29, 0.717) is 22.3 Å². The standard InChI is InChI=1S/C27H19N3OS/c1-27(2)21-10-6-7-11-23(21)30(3)26-22(27)13-17(32-26)12-20-24(16(14-28)15-29)18-8-4-5-9-19(18)25(20)31/h4-13H,1-3H3/b20-12-. The van der Waals surface area contributed by atoms with Gasteiger partial charge in [0.1, 0.15) is 17.7 Å². The summed E-state index contributed by atoms with van der Waals surface area (Å²) in [6.07, 6.45) is 1.84. The first-order chi connectivity index (χ1) is 15.4. The number of rotatable bonds is 1. The summed E-state index contributed by atoms with van der Waals surface area (Å²) < 4.78 is 0. The summed E-state index contributed by atoms with van der Waals surface area (Å²) in [6, 6.07) is 21.6. The summed E-state index contributed by atoms with van der Waals surface area (Å²) >= 11 is 1.61. The number of para-hydroxylation sites is 1. The van der Waals surface area contributed by atoms with Crippen molar-refractivity contribution in [2.75, 3.05) is 11.9 Å². The number of nitriles is 2. The summed E-state index contributed by atoms with van der Waals surface area (Å²) in [4.78, 5) is 16.4. The van der Waals surface area contributed by atoms with Crippen LogP contribution >= 0.6 is 11.3 Å². The van der Waals surface area contributed by atoms with Crippen LogP contribution in [-0.4, -0.2) is 12.8 Å². The molecule has 0 spiro atoms. The monoisotopic (exact) mass is 433 g/mol. The van der Waals surface area contributed by atoms with Gasteiger partial charge < -0.3 is 4.90 Å². The second-order valence-electron chi connectivity index (χ2n) is 8.48. The van der Waals surface area contributed by atoms with Gasteiger partial charge in [-0.25, -0.2) is 0 Å². The second kappa shape index (κ2) is 7.05. The molecule has 0 atom stereocenters. The third kappa shape index (κ3) is 2.69. The summed E-state index contributed by atoms with van der Waals surface area (Å²) in [7, 11) is 2.06. The van der Waals surface area contributed by atoms with E-state index >= 15 is 0 Å².